The molecule has 4 rings (SSSR count). The number of amides is 1. The molecular formula is C27H28N4O3. The number of hydrogen-bond donors (Lipinski definition) is 1. The lowest BCUT2D eigenvalue weighted by Crippen LogP contribution is -2.45. The van der Waals surface area contributed by atoms with Crippen molar-refractivity contribution in [1.82, 2.24) is 10.3 Å². The van der Waals surface area contributed by atoms with Crippen LogP contribution in [0.3, 0.4) is 0 Å². The quantitative estimate of drug-likeness (QED) is 0.334. The first-order valence-corrected chi connectivity index (χ1v) is 11.3. The predicted molar refractivity (Wildman–Crippen MR) is 133 cm³/mol. The van der Waals surface area contributed by atoms with Crippen LogP contribution in [0.2, 0.25) is 0 Å². The van der Waals surface area contributed by atoms with Crippen molar-refractivity contribution in [3.8, 4) is 0 Å². The Hall–Kier alpha value is -3.97. The molecule has 1 aliphatic heterocycles. The minimum Gasteiger partial charge on any atom is -0.465 e. The molecule has 3 aromatic rings. The van der Waals surface area contributed by atoms with Gasteiger partial charge in [-0.2, -0.15) is 5.10 Å². The maximum atomic E-state index is 12.4. The molecule has 0 aliphatic carbocycles. The summed E-state index contributed by atoms with van der Waals surface area (Å²) in [5.74, 6) is -0.764. The molecule has 3 aromatic carbocycles. The Morgan fingerprint density at radius 1 is 0.912 bits per heavy atom. The number of carbonyl (C=O) groups is 2. The third-order valence-corrected chi connectivity index (χ3v) is 5.85. The van der Waals surface area contributed by atoms with Gasteiger partial charge in [0.15, 0.2) is 0 Å². The van der Waals surface area contributed by atoms with E-state index in [1.54, 1.807) is 24.3 Å². The molecule has 1 N–H and O–H groups in total. The molecule has 1 amide bonds. The average Bonchev–Trinajstić information content (AvgIpc) is 2.90. The second kappa shape index (κ2) is 11.2. The number of nitrogens with one attached hydrogen (secondary N) is 1. The topological polar surface area (TPSA) is 74.2 Å². The molecule has 0 unspecified atom stereocenters. The molecule has 0 bridgehead atoms. The van der Waals surface area contributed by atoms with Gasteiger partial charge in [0.2, 0.25) is 0 Å². The molecule has 0 saturated carbocycles. The van der Waals surface area contributed by atoms with E-state index in [0.29, 0.717) is 16.7 Å². The van der Waals surface area contributed by atoms with Gasteiger partial charge in [0, 0.05) is 49.5 Å². The number of hydrogen-bond acceptors (Lipinski definition) is 6. The summed E-state index contributed by atoms with van der Waals surface area (Å²) in [6, 6.07) is 25.0. The van der Waals surface area contributed by atoms with Crippen LogP contribution in [0.4, 0.5) is 5.69 Å². The van der Waals surface area contributed by atoms with E-state index in [0.717, 1.165) is 32.7 Å². The van der Waals surface area contributed by atoms with Crippen LogP contribution in [0, 0.1) is 0 Å². The van der Waals surface area contributed by atoms with Crippen LogP contribution < -0.4 is 10.3 Å². The molecule has 0 aromatic heterocycles. The van der Waals surface area contributed by atoms with Crippen LogP contribution in [0.15, 0.2) is 84.0 Å². The van der Waals surface area contributed by atoms with Crippen molar-refractivity contribution in [1.29, 1.82) is 0 Å². The Labute approximate surface area is 199 Å². The number of para-hydroxylation sites is 1. The molecule has 0 atom stereocenters. The van der Waals surface area contributed by atoms with Crippen molar-refractivity contribution in [2.45, 2.75) is 6.54 Å². The van der Waals surface area contributed by atoms with Gasteiger partial charge in [-0.3, -0.25) is 9.69 Å². The number of piperazine rings is 1. The molecule has 1 heterocycles. The fraction of sp³-hybridized carbons (Fsp3) is 0.222. The molecule has 1 fully saturated rings. The maximum Gasteiger partial charge on any atom is 0.338 e. The van der Waals surface area contributed by atoms with E-state index in [4.69, 9.17) is 4.74 Å². The van der Waals surface area contributed by atoms with Crippen molar-refractivity contribution in [3.05, 3.63) is 101 Å². The summed E-state index contributed by atoms with van der Waals surface area (Å²) in [4.78, 5) is 29.1. The summed E-state index contributed by atoms with van der Waals surface area (Å²) in [7, 11) is 1.33. The van der Waals surface area contributed by atoms with E-state index in [2.05, 4.69) is 44.6 Å². The third-order valence-electron chi connectivity index (χ3n) is 5.85. The van der Waals surface area contributed by atoms with Gasteiger partial charge in [0.25, 0.3) is 5.91 Å². The van der Waals surface area contributed by atoms with Crippen LogP contribution >= 0.6 is 0 Å². The number of methoxy groups -OCH3 is 1. The highest BCUT2D eigenvalue weighted by atomic mass is 16.5. The highest BCUT2D eigenvalue weighted by Gasteiger charge is 2.17. The molecule has 1 aliphatic rings. The summed E-state index contributed by atoms with van der Waals surface area (Å²) in [5, 5.41) is 4.00. The van der Waals surface area contributed by atoms with E-state index in [9.17, 15) is 9.59 Å². The fourth-order valence-electron chi connectivity index (χ4n) is 3.95. The van der Waals surface area contributed by atoms with E-state index in [1.165, 1.54) is 24.6 Å². The summed E-state index contributed by atoms with van der Waals surface area (Å²) >= 11 is 0. The number of esters is 1. The largest absolute Gasteiger partial charge is 0.465 e. The average molecular weight is 457 g/mol. The minimum absolute atomic E-state index is 0.310. The minimum atomic E-state index is -0.453. The maximum absolute atomic E-state index is 12.4. The van der Waals surface area contributed by atoms with Crippen molar-refractivity contribution in [2.24, 2.45) is 5.10 Å². The zero-order valence-corrected chi connectivity index (χ0v) is 19.2. The monoisotopic (exact) mass is 456 g/mol. The zero-order valence-electron chi connectivity index (χ0n) is 19.2. The summed E-state index contributed by atoms with van der Waals surface area (Å²) in [5.41, 5.74) is 6.43. The van der Waals surface area contributed by atoms with E-state index in [-0.39, 0.29) is 5.91 Å². The number of anilines is 1. The third kappa shape index (κ3) is 5.88. The number of ether oxygens (including phenoxy) is 1. The first-order valence-electron chi connectivity index (χ1n) is 11.3. The molecule has 1 saturated heterocycles. The Morgan fingerprint density at radius 2 is 1.59 bits per heavy atom. The predicted octanol–water partition coefficient (Wildman–Crippen LogP) is 3.56. The smallest absolute Gasteiger partial charge is 0.338 e. The van der Waals surface area contributed by atoms with E-state index >= 15 is 0 Å². The molecule has 7 nitrogen and oxygen atoms in total. The van der Waals surface area contributed by atoms with Gasteiger partial charge in [0.05, 0.1) is 18.9 Å². The Morgan fingerprint density at radius 3 is 2.29 bits per heavy atom. The number of benzene rings is 3. The summed E-state index contributed by atoms with van der Waals surface area (Å²) < 4.78 is 4.77. The molecule has 34 heavy (non-hydrogen) atoms. The van der Waals surface area contributed by atoms with Crippen LogP contribution in [0.5, 0.6) is 0 Å². The van der Waals surface area contributed by atoms with Gasteiger partial charge >= 0.3 is 5.97 Å². The Bertz CT molecular complexity index is 1140. The number of carbonyl (C=O) groups excluding carboxylic acids is 2. The summed E-state index contributed by atoms with van der Waals surface area (Å²) in [6.07, 6.45) is 1.44. The van der Waals surface area contributed by atoms with Crippen molar-refractivity contribution in [3.63, 3.8) is 0 Å². The molecule has 174 valence electrons. The summed E-state index contributed by atoms with van der Waals surface area (Å²) in [6.45, 7) is 4.86. The van der Waals surface area contributed by atoms with Gasteiger partial charge < -0.3 is 9.64 Å². The van der Waals surface area contributed by atoms with Crippen molar-refractivity contribution >= 4 is 23.8 Å². The molecule has 0 radical (unpaired) electrons. The van der Waals surface area contributed by atoms with Crippen molar-refractivity contribution in [2.75, 3.05) is 38.2 Å². The lowest BCUT2D eigenvalue weighted by Gasteiger charge is -2.36. The number of rotatable bonds is 7. The van der Waals surface area contributed by atoms with Crippen LogP contribution in [-0.4, -0.2) is 56.3 Å². The molecule has 7 heteroatoms. The highest BCUT2D eigenvalue weighted by Crippen LogP contribution is 2.17. The standard InChI is InChI=1S/C27H28N4O3/c1-34-27(33)25-10-6-5-7-23(25)19-28-29-26(32)22-13-11-21(12-14-22)20-30-15-17-31(18-16-30)24-8-3-2-4-9-24/h2-14,19H,15-18,20H2,1H3,(H,29,32)/b28-19+. The number of hydrazone groups is 1. The lowest BCUT2D eigenvalue weighted by atomic mass is 10.1. The second-order valence-corrected chi connectivity index (χ2v) is 8.07. The van der Waals surface area contributed by atoms with Crippen LogP contribution in [0.1, 0.15) is 31.8 Å². The van der Waals surface area contributed by atoms with Gasteiger partial charge in [-0.15, -0.1) is 0 Å². The normalized spacial score (nSPS) is 14.2. The van der Waals surface area contributed by atoms with Crippen LogP contribution in [-0.2, 0) is 11.3 Å². The van der Waals surface area contributed by atoms with Gasteiger partial charge in [-0.25, -0.2) is 10.2 Å². The molecular weight excluding hydrogens is 428 g/mol. The lowest BCUT2D eigenvalue weighted by molar-refractivity contribution is 0.0600. The SMILES string of the molecule is COC(=O)c1ccccc1/C=N/NC(=O)c1ccc(CN2CCN(c3ccccc3)CC2)cc1. The van der Waals surface area contributed by atoms with Crippen LogP contribution in [0.25, 0.3) is 0 Å². The van der Waals surface area contributed by atoms with Gasteiger partial charge in [-0.1, -0.05) is 48.5 Å². The van der Waals surface area contributed by atoms with Gasteiger partial charge in [0.1, 0.15) is 0 Å². The first kappa shape index (κ1) is 23.2. The fourth-order valence-corrected chi connectivity index (χ4v) is 3.95. The van der Waals surface area contributed by atoms with Crippen molar-refractivity contribution < 1.29 is 14.3 Å². The highest BCUT2D eigenvalue weighted by molar-refractivity contribution is 6.00. The van der Waals surface area contributed by atoms with Gasteiger partial charge in [-0.05, 0) is 35.9 Å². The first-order chi connectivity index (χ1) is 16.6. The Kier molecular flexibility index (Phi) is 7.67. The number of nitrogens with zero attached hydrogens (tertiary/aromatic N) is 3. The second-order valence-electron chi connectivity index (χ2n) is 8.07. The Balaban J connectivity index is 1.28. The van der Waals surface area contributed by atoms with E-state index < -0.39 is 5.97 Å². The van der Waals surface area contributed by atoms with E-state index in [1.807, 2.05) is 30.3 Å². The zero-order chi connectivity index (χ0) is 23.8. The molecule has 0 spiro atoms.